The molecule has 0 heterocycles. The zero-order chi connectivity index (χ0) is 13.7. The first-order chi connectivity index (χ1) is 9.81. The normalized spacial score (nSPS) is 12.6. The van der Waals surface area contributed by atoms with Crippen LogP contribution in [-0.4, -0.2) is 5.78 Å². The highest BCUT2D eigenvalue weighted by atomic mass is 16.1. The summed E-state index contributed by atoms with van der Waals surface area (Å²) < 4.78 is 0. The third kappa shape index (κ3) is 1.34. The lowest BCUT2D eigenvalue weighted by Crippen LogP contribution is -2.12. The Labute approximate surface area is 116 Å². The summed E-state index contributed by atoms with van der Waals surface area (Å²) >= 11 is 0. The van der Waals surface area contributed by atoms with Crippen LogP contribution in [0, 0.1) is 0 Å². The number of benzene rings is 3. The summed E-state index contributed by atoms with van der Waals surface area (Å²) in [5.74, 6) is 0.105. The van der Waals surface area contributed by atoms with E-state index in [-0.39, 0.29) is 5.78 Å². The molecule has 0 spiro atoms. The van der Waals surface area contributed by atoms with Gasteiger partial charge in [0, 0.05) is 23.1 Å². The molecule has 0 fully saturated rings. The smallest absolute Gasteiger partial charge is 0.194 e. The number of fused-ring (bicyclic) bond motifs is 2. The van der Waals surface area contributed by atoms with Crippen molar-refractivity contribution in [3.05, 3.63) is 71.3 Å². The molecule has 1 aliphatic carbocycles. The van der Waals surface area contributed by atoms with Gasteiger partial charge in [-0.15, -0.1) is 0 Å². The average Bonchev–Trinajstić information content (AvgIpc) is 2.52. The summed E-state index contributed by atoms with van der Waals surface area (Å²) in [5.41, 5.74) is 10.7. The maximum absolute atomic E-state index is 12.7. The third-order valence-electron chi connectivity index (χ3n) is 4.04. The molecule has 0 atom stereocenters. The number of carbonyl (C=O) groups excluding carboxylic acids is 1. The van der Waals surface area contributed by atoms with Gasteiger partial charge in [0.25, 0.3) is 0 Å². The molecule has 0 aromatic heterocycles. The molecule has 2 N–H and O–H groups in total. The van der Waals surface area contributed by atoms with Gasteiger partial charge in [-0.05, 0) is 22.1 Å². The minimum absolute atomic E-state index is 0.105. The maximum atomic E-state index is 12.7. The molecular formula is C18H13NO. The third-order valence-corrected chi connectivity index (χ3v) is 4.04. The first kappa shape index (κ1) is 11.4. The predicted octanol–water partition coefficient (Wildman–Crippen LogP) is 3.51. The number of hydrogen-bond acceptors (Lipinski definition) is 2. The Balaban J connectivity index is 2.28. The van der Waals surface area contributed by atoms with Crippen LogP contribution in [-0.2, 0) is 6.54 Å². The number of carbonyl (C=O) groups is 1. The van der Waals surface area contributed by atoms with E-state index in [4.69, 9.17) is 5.73 Å². The zero-order valence-electron chi connectivity index (χ0n) is 10.9. The minimum Gasteiger partial charge on any atom is -0.326 e. The van der Waals surface area contributed by atoms with Gasteiger partial charge in [-0.25, -0.2) is 0 Å². The van der Waals surface area contributed by atoms with E-state index >= 15 is 0 Å². The summed E-state index contributed by atoms with van der Waals surface area (Å²) in [5, 5.41) is 2.14. The van der Waals surface area contributed by atoms with Crippen molar-refractivity contribution in [3.63, 3.8) is 0 Å². The molecular weight excluding hydrogens is 246 g/mol. The second-order valence-corrected chi connectivity index (χ2v) is 5.08. The molecule has 1 aliphatic rings. The topological polar surface area (TPSA) is 43.1 Å². The number of rotatable bonds is 1. The van der Waals surface area contributed by atoms with E-state index in [1.165, 1.54) is 0 Å². The fourth-order valence-corrected chi connectivity index (χ4v) is 3.13. The van der Waals surface area contributed by atoms with Crippen LogP contribution < -0.4 is 5.73 Å². The van der Waals surface area contributed by atoms with Gasteiger partial charge >= 0.3 is 0 Å². The van der Waals surface area contributed by atoms with Gasteiger partial charge in [0.2, 0.25) is 0 Å². The standard InChI is InChI=1S/C18H13NO/c19-10-12-9-8-11-4-3-7-15-16(11)17(12)13-5-1-2-6-14(13)18(15)20/h1-9H,10,19H2. The van der Waals surface area contributed by atoms with Crippen LogP contribution in [0.2, 0.25) is 0 Å². The van der Waals surface area contributed by atoms with Crippen molar-refractivity contribution < 1.29 is 4.79 Å². The van der Waals surface area contributed by atoms with Gasteiger partial charge in [-0.1, -0.05) is 54.6 Å². The molecule has 3 aromatic carbocycles. The van der Waals surface area contributed by atoms with E-state index in [0.29, 0.717) is 6.54 Å². The van der Waals surface area contributed by atoms with Gasteiger partial charge in [-0.3, -0.25) is 4.79 Å². The Morgan fingerprint density at radius 2 is 1.55 bits per heavy atom. The Morgan fingerprint density at radius 3 is 2.35 bits per heavy atom. The van der Waals surface area contributed by atoms with Crippen molar-refractivity contribution in [2.24, 2.45) is 5.73 Å². The van der Waals surface area contributed by atoms with E-state index < -0.39 is 0 Å². The van der Waals surface area contributed by atoms with Crippen LogP contribution in [0.5, 0.6) is 0 Å². The quantitative estimate of drug-likeness (QED) is 0.568. The van der Waals surface area contributed by atoms with E-state index in [0.717, 1.165) is 38.6 Å². The van der Waals surface area contributed by atoms with Gasteiger partial charge in [-0.2, -0.15) is 0 Å². The highest BCUT2D eigenvalue weighted by Crippen LogP contribution is 2.41. The first-order valence-corrected chi connectivity index (χ1v) is 6.70. The fourth-order valence-electron chi connectivity index (χ4n) is 3.13. The van der Waals surface area contributed by atoms with Gasteiger partial charge in [0.1, 0.15) is 0 Å². The van der Waals surface area contributed by atoms with Gasteiger partial charge in [0.15, 0.2) is 5.78 Å². The molecule has 0 saturated heterocycles. The molecule has 20 heavy (non-hydrogen) atoms. The second-order valence-electron chi connectivity index (χ2n) is 5.08. The van der Waals surface area contributed by atoms with Gasteiger partial charge in [0.05, 0.1) is 0 Å². The minimum atomic E-state index is 0.105. The average molecular weight is 259 g/mol. The molecule has 0 aliphatic heterocycles. The largest absolute Gasteiger partial charge is 0.326 e. The van der Waals surface area contributed by atoms with Crippen molar-refractivity contribution >= 4 is 16.6 Å². The zero-order valence-corrected chi connectivity index (χ0v) is 10.9. The van der Waals surface area contributed by atoms with Crippen LogP contribution >= 0.6 is 0 Å². The predicted molar refractivity (Wildman–Crippen MR) is 80.7 cm³/mol. The van der Waals surface area contributed by atoms with Crippen LogP contribution in [0.25, 0.3) is 21.9 Å². The highest BCUT2D eigenvalue weighted by molar-refractivity contribution is 6.26. The molecule has 0 bridgehead atoms. The number of nitrogens with two attached hydrogens (primary N) is 1. The molecule has 0 radical (unpaired) electrons. The van der Waals surface area contributed by atoms with Crippen molar-refractivity contribution in [1.82, 2.24) is 0 Å². The molecule has 3 aromatic rings. The Bertz CT molecular complexity index is 864. The van der Waals surface area contributed by atoms with Crippen LogP contribution in [0.15, 0.2) is 54.6 Å². The summed E-state index contributed by atoms with van der Waals surface area (Å²) in [4.78, 5) is 12.7. The van der Waals surface area contributed by atoms with Crippen molar-refractivity contribution in [2.45, 2.75) is 6.54 Å². The lowest BCUT2D eigenvalue weighted by atomic mass is 9.81. The molecule has 0 unspecified atom stereocenters. The molecule has 0 amide bonds. The number of ketones is 1. The van der Waals surface area contributed by atoms with Crippen molar-refractivity contribution in [3.8, 4) is 11.1 Å². The second kappa shape index (κ2) is 4.02. The van der Waals surface area contributed by atoms with E-state index in [9.17, 15) is 4.79 Å². The summed E-state index contributed by atoms with van der Waals surface area (Å²) in [6.45, 7) is 0.474. The monoisotopic (exact) mass is 259 g/mol. The van der Waals surface area contributed by atoms with Crippen molar-refractivity contribution in [1.29, 1.82) is 0 Å². The fraction of sp³-hybridized carbons (Fsp3) is 0.0556. The van der Waals surface area contributed by atoms with Crippen LogP contribution in [0.4, 0.5) is 0 Å². The van der Waals surface area contributed by atoms with E-state index in [1.54, 1.807) is 0 Å². The molecule has 2 nitrogen and oxygen atoms in total. The van der Waals surface area contributed by atoms with E-state index in [1.807, 2.05) is 48.5 Å². The summed E-state index contributed by atoms with van der Waals surface area (Å²) in [6, 6.07) is 17.8. The SMILES string of the molecule is NCc1ccc2cccc3c2c1-c1ccccc1C3=O. The molecule has 0 saturated carbocycles. The molecule has 4 rings (SSSR count). The van der Waals surface area contributed by atoms with Gasteiger partial charge < -0.3 is 5.73 Å². The molecule has 2 heteroatoms. The Morgan fingerprint density at radius 1 is 0.800 bits per heavy atom. The lowest BCUT2D eigenvalue weighted by Gasteiger charge is -2.22. The van der Waals surface area contributed by atoms with Crippen molar-refractivity contribution in [2.75, 3.05) is 0 Å². The lowest BCUT2D eigenvalue weighted by molar-refractivity contribution is 0.104. The maximum Gasteiger partial charge on any atom is 0.194 e. The Hall–Kier alpha value is -2.45. The Kier molecular flexibility index (Phi) is 2.29. The van der Waals surface area contributed by atoms with Crippen LogP contribution in [0.3, 0.4) is 0 Å². The van der Waals surface area contributed by atoms with Crippen LogP contribution in [0.1, 0.15) is 21.5 Å². The molecule has 96 valence electrons. The van der Waals surface area contributed by atoms with E-state index in [2.05, 4.69) is 6.07 Å². The highest BCUT2D eigenvalue weighted by Gasteiger charge is 2.25. The number of hydrogen-bond donors (Lipinski definition) is 1. The summed E-state index contributed by atoms with van der Waals surface area (Å²) in [6.07, 6.45) is 0. The first-order valence-electron chi connectivity index (χ1n) is 6.70. The summed E-state index contributed by atoms with van der Waals surface area (Å²) in [7, 11) is 0.